The van der Waals surface area contributed by atoms with E-state index in [2.05, 4.69) is 10.3 Å². The average Bonchev–Trinajstić information content (AvgIpc) is 3.53. The molecule has 2 atom stereocenters. The molecule has 0 bridgehead atoms. The van der Waals surface area contributed by atoms with Crippen LogP contribution in [0.2, 0.25) is 5.02 Å². The van der Waals surface area contributed by atoms with Crippen LogP contribution in [0.25, 0.3) is 11.3 Å². The zero-order valence-electron chi connectivity index (χ0n) is 19.5. The Balaban J connectivity index is 1.58. The standard InChI is InChI=1S/C27H22ClN3O4S/c1-33-22-10-9-18(15-19(22)28)31-25(24(30-27(31)36)20-8-3-4-13-29-20)23-12-11-21(35-23)16-6-5-7-17(14-16)26(32)34-2/h3-15,24-25H,1-2H3,(H,30,36)/t24-,25-/m0/s1. The van der Waals surface area contributed by atoms with E-state index < -0.39 is 5.97 Å². The number of hydrogen-bond donors (Lipinski definition) is 1. The van der Waals surface area contributed by atoms with E-state index in [0.29, 0.717) is 33.0 Å². The second kappa shape index (κ2) is 10.0. The van der Waals surface area contributed by atoms with Gasteiger partial charge in [0.2, 0.25) is 0 Å². The quantitative estimate of drug-likeness (QED) is 0.247. The van der Waals surface area contributed by atoms with Crippen LogP contribution in [0.3, 0.4) is 0 Å². The van der Waals surface area contributed by atoms with E-state index in [4.69, 9.17) is 37.7 Å². The van der Waals surface area contributed by atoms with Crippen LogP contribution < -0.4 is 15.0 Å². The van der Waals surface area contributed by atoms with Crippen molar-refractivity contribution in [2.45, 2.75) is 12.1 Å². The van der Waals surface area contributed by atoms with Crippen molar-refractivity contribution in [1.29, 1.82) is 0 Å². The summed E-state index contributed by atoms with van der Waals surface area (Å²) in [4.78, 5) is 18.5. The molecule has 1 N–H and O–H groups in total. The molecule has 7 nitrogen and oxygen atoms in total. The van der Waals surface area contributed by atoms with Gasteiger partial charge in [0.25, 0.3) is 0 Å². The molecule has 9 heteroatoms. The lowest BCUT2D eigenvalue weighted by atomic mass is 10.0. The number of esters is 1. The summed E-state index contributed by atoms with van der Waals surface area (Å²) in [5.74, 6) is 1.44. The number of methoxy groups -OCH3 is 2. The molecule has 1 aliphatic heterocycles. The number of carbonyl (C=O) groups excluding carboxylic acids is 1. The SMILES string of the molecule is COC(=O)c1cccc(-c2ccc([C@H]3[C@H](c4ccccn4)NC(=S)N3c3ccc(OC)c(Cl)c3)o2)c1. The number of nitrogens with zero attached hydrogens (tertiary/aromatic N) is 2. The van der Waals surface area contributed by atoms with Crippen molar-refractivity contribution >= 4 is 40.6 Å². The van der Waals surface area contributed by atoms with Gasteiger partial charge in [-0.2, -0.15) is 0 Å². The zero-order chi connectivity index (χ0) is 25.2. The van der Waals surface area contributed by atoms with E-state index in [1.165, 1.54) is 7.11 Å². The summed E-state index contributed by atoms with van der Waals surface area (Å²) in [5, 5.41) is 4.38. The third-order valence-corrected chi connectivity index (χ3v) is 6.61. The second-order valence-electron chi connectivity index (χ2n) is 8.09. The summed E-state index contributed by atoms with van der Waals surface area (Å²) in [6, 6.07) is 21.5. The van der Waals surface area contributed by atoms with Gasteiger partial charge in [0.15, 0.2) is 5.11 Å². The number of aromatic nitrogens is 1. The number of benzene rings is 2. The Bertz CT molecular complexity index is 1430. The van der Waals surface area contributed by atoms with Crippen molar-refractivity contribution in [3.63, 3.8) is 0 Å². The fourth-order valence-corrected chi connectivity index (χ4v) is 4.91. The first-order valence-corrected chi connectivity index (χ1v) is 11.9. The highest BCUT2D eigenvalue weighted by Crippen LogP contribution is 2.44. The van der Waals surface area contributed by atoms with Crippen LogP contribution in [0.15, 0.2) is 83.4 Å². The number of anilines is 1. The summed E-state index contributed by atoms with van der Waals surface area (Å²) < 4.78 is 16.5. The van der Waals surface area contributed by atoms with Crippen molar-refractivity contribution < 1.29 is 18.7 Å². The van der Waals surface area contributed by atoms with Crippen molar-refractivity contribution in [3.8, 4) is 17.1 Å². The highest BCUT2D eigenvalue weighted by molar-refractivity contribution is 7.80. The molecule has 36 heavy (non-hydrogen) atoms. The van der Waals surface area contributed by atoms with Crippen LogP contribution in [-0.2, 0) is 4.74 Å². The van der Waals surface area contributed by atoms with Gasteiger partial charge in [0.05, 0.1) is 36.5 Å². The van der Waals surface area contributed by atoms with Gasteiger partial charge in [-0.3, -0.25) is 4.98 Å². The third-order valence-electron chi connectivity index (χ3n) is 6.00. The van der Waals surface area contributed by atoms with Gasteiger partial charge in [-0.15, -0.1) is 0 Å². The van der Waals surface area contributed by atoms with Gasteiger partial charge < -0.3 is 24.1 Å². The number of rotatable bonds is 6. The van der Waals surface area contributed by atoms with Gasteiger partial charge in [0, 0.05) is 17.4 Å². The molecule has 3 heterocycles. The minimum absolute atomic E-state index is 0.278. The summed E-state index contributed by atoms with van der Waals surface area (Å²) in [7, 11) is 2.93. The molecule has 4 aromatic rings. The average molecular weight is 520 g/mol. The van der Waals surface area contributed by atoms with Crippen molar-refractivity contribution in [1.82, 2.24) is 10.3 Å². The Morgan fingerprint density at radius 3 is 2.67 bits per heavy atom. The molecule has 1 fully saturated rings. The molecule has 1 aliphatic rings. The fourth-order valence-electron chi connectivity index (χ4n) is 4.31. The topological polar surface area (TPSA) is 76.8 Å². The molecule has 2 aromatic heterocycles. The first-order valence-electron chi connectivity index (χ1n) is 11.1. The van der Waals surface area contributed by atoms with Gasteiger partial charge in [0.1, 0.15) is 23.3 Å². The van der Waals surface area contributed by atoms with Gasteiger partial charge in [-0.05, 0) is 66.8 Å². The Labute approximate surface area is 218 Å². The smallest absolute Gasteiger partial charge is 0.337 e. The number of pyridine rings is 1. The molecular formula is C27H22ClN3O4S. The first-order chi connectivity index (χ1) is 17.5. The Morgan fingerprint density at radius 1 is 1.08 bits per heavy atom. The van der Waals surface area contributed by atoms with Crippen molar-refractivity contribution in [2.75, 3.05) is 19.1 Å². The molecular weight excluding hydrogens is 498 g/mol. The third kappa shape index (κ3) is 4.41. The molecule has 0 aliphatic carbocycles. The van der Waals surface area contributed by atoms with Crippen LogP contribution in [0.4, 0.5) is 5.69 Å². The van der Waals surface area contributed by atoms with Crippen molar-refractivity contribution in [2.24, 2.45) is 0 Å². The molecule has 182 valence electrons. The lowest BCUT2D eigenvalue weighted by Crippen LogP contribution is -2.29. The number of carbonyl (C=O) groups is 1. The highest BCUT2D eigenvalue weighted by Gasteiger charge is 2.42. The number of thiocarbonyl (C=S) groups is 1. The van der Waals surface area contributed by atoms with E-state index in [0.717, 1.165) is 16.9 Å². The predicted octanol–water partition coefficient (Wildman–Crippen LogP) is 5.97. The zero-order valence-corrected chi connectivity index (χ0v) is 21.0. The highest BCUT2D eigenvalue weighted by atomic mass is 35.5. The van der Waals surface area contributed by atoms with E-state index in [-0.39, 0.29) is 12.1 Å². The predicted molar refractivity (Wildman–Crippen MR) is 141 cm³/mol. The van der Waals surface area contributed by atoms with Gasteiger partial charge in [-0.25, -0.2) is 4.79 Å². The Hall–Kier alpha value is -3.88. The Kier molecular flexibility index (Phi) is 6.63. The largest absolute Gasteiger partial charge is 0.495 e. The normalized spacial score (nSPS) is 17.1. The van der Waals surface area contributed by atoms with E-state index in [1.807, 2.05) is 53.4 Å². The van der Waals surface area contributed by atoms with Crippen LogP contribution >= 0.6 is 23.8 Å². The van der Waals surface area contributed by atoms with Crippen LogP contribution in [0.1, 0.15) is 33.9 Å². The van der Waals surface area contributed by atoms with Crippen molar-refractivity contribution in [3.05, 3.63) is 101 Å². The molecule has 1 saturated heterocycles. The lowest BCUT2D eigenvalue weighted by molar-refractivity contribution is 0.0601. The van der Waals surface area contributed by atoms with E-state index >= 15 is 0 Å². The minimum Gasteiger partial charge on any atom is -0.495 e. The number of nitrogens with one attached hydrogen (secondary N) is 1. The molecule has 2 aromatic carbocycles. The molecule has 0 unspecified atom stereocenters. The second-order valence-corrected chi connectivity index (χ2v) is 8.88. The van der Waals surface area contributed by atoms with Gasteiger partial charge in [-0.1, -0.05) is 29.8 Å². The van der Waals surface area contributed by atoms with E-state index in [1.54, 1.807) is 37.6 Å². The number of hydrogen-bond acceptors (Lipinski definition) is 6. The number of furan rings is 1. The molecule has 0 radical (unpaired) electrons. The Morgan fingerprint density at radius 2 is 1.94 bits per heavy atom. The van der Waals surface area contributed by atoms with E-state index in [9.17, 15) is 4.79 Å². The number of halogens is 1. The summed E-state index contributed by atoms with van der Waals surface area (Å²) in [6.45, 7) is 0. The number of ether oxygens (including phenoxy) is 2. The summed E-state index contributed by atoms with van der Waals surface area (Å²) in [6.07, 6.45) is 1.75. The van der Waals surface area contributed by atoms with Crippen LogP contribution in [0, 0.1) is 0 Å². The summed E-state index contributed by atoms with van der Waals surface area (Å²) >= 11 is 12.2. The maximum atomic E-state index is 12.0. The minimum atomic E-state index is -0.410. The maximum Gasteiger partial charge on any atom is 0.337 e. The van der Waals surface area contributed by atoms with Gasteiger partial charge >= 0.3 is 5.97 Å². The lowest BCUT2D eigenvalue weighted by Gasteiger charge is -2.26. The summed E-state index contributed by atoms with van der Waals surface area (Å²) in [5.41, 5.74) is 2.80. The molecule has 0 spiro atoms. The van der Waals surface area contributed by atoms with Crippen LogP contribution in [0.5, 0.6) is 5.75 Å². The maximum absolute atomic E-state index is 12.0. The fraction of sp³-hybridized carbons (Fsp3) is 0.148. The molecule has 5 rings (SSSR count). The molecule has 0 amide bonds. The van der Waals surface area contributed by atoms with Crippen LogP contribution in [-0.4, -0.2) is 30.3 Å². The first kappa shape index (κ1) is 23.8. The monoisotopic (exact) mass is 519 g/mol. The molecule has 0 saturated carbocycles.